The lowest BCUT2D eigenvalue weighted by Crippen LogP contribution is -2.50. The molecule has 2 fully saturated rings. The molecular formula is C30H27F2N9O3. The molecule has 0 radical (unpaired) electrons. The molecule has 0 spiro atoms. The zero-order valence-corrected chi connectivity index (χ0v) is 23.6. The van der Waals surface area contributed by atoms with Crippen molar-refractivity contribution < 1.29 is 22.8 Å². The summed E-state index contributed by atoms with van der Waals surface area (Å²) in [7, 11) is 1.73. The summed E-state index contributed by atoms with van der Waals surface area (Å²) in [5.74, 6) is -4.32. The summed E-state index contributed by atoms with van der Waals surface area (Å²) in [6.45, 7) is 2.17. The van der Waals surface area contributed by atoms with Crippen molar-refractivity contribution in [2.75, 3.05) is 31.5 Å². The Labute approximate surface area is 249 Å². The fraction of sp³-hybridized carbons (Fsp3) is 0.300. The number of rotatable bonds is 7. The number of piperazine rings is 1. The first-order valence-corrected chi connectivity index (χ1v) is 14.1. The van der Waals surface area contributed by atoms with Crippen LogP contribution in [-0.2, 0) is 11.8 Å². The van der Waals surface area contributed by atoms with Gasteiger partial charge in [0.25, 0.3) is 11.8 Å². The third-order valence-electron chi connectivity index (χ3n) is 7.87. The van der Waals surface area contributed by atoms with Crippen LogP contribution in [0.3, 0.4) is 0 Å². The van der Waals surface area contributed by atoms with E-state index in [-0.39, 0.29) is 23.5 Å². The number of carbonyl (C=O) groups excluding carboxylic acids is 2. The summed E-state index contributed by atoms with van der Waals surface area (Å²) in [6, 6.07) is 17.9. The van der Waals surface area contributed by atoms with E-state index >= 15 is 0 Å². The summed E-state index contributed by atoms with van der Waals surface area (Å²) in [4.78, 5) is 39.8. The van der Waals surface area contributed by atoms with Crippen molar-refractivity contribution in [3.8, 4) is 11.5 Å². The number of hydrogen-bond acceptors (Lipinski definition) is 9. The van der Waals surface area contributed by atoms with Crippen molar-refractivity contribution in [2.24, 2.45) is 13.0 Å². The number of oxazole rings is 1. The molecule has 2 amide bonds. The standard InChI is InChI=1S/C30H27F2N9O3/c1-39-37-26(36-38-39)25(18-5-3-2-4-6-18)40-11-13-41(14-12-40)29(43)23-15-19(9-10-33-23)28-35-22-16-20(7-8-24(22)44-28)34-27(42)21-17-30(21,31)32/h2-10,15-16,21,25H,11-14,17H2,1H3,(H,34,42)/t21-,25-/m0/s1. The lowest BCUT2D eigenvalue weighted by molar-refractivity contribution is -0.119. The SMILES string of the molecule is Cn1nnc([C@H](c2ccccc2)N2CCN(C(=O)c3cc(-c4nc5cc(NC(=O)[C@@H]6CC6(F)F)ccc5o4)ccn3)CC2)n1. The summed E-state index contributed by atoms with van der Waals surface area (Å²) in [5.41, 5.74) is 3.09. The number of benzene rings is 2. The molecule has 4 heterocycles. The maximum atomic E-state index is 13.5. The molecular weight excluding hydrogens is 572 g/mol. The molecule has 0 bridgehead atoms. The van der Waals surface area contributed by atoms with Crippen molar-refractivity contribution in [3.63, 3.8) is 0 Å². The lowest BCUT2D eigenvalue weighted by Gasteiger charge is -2.38. The number of pyridine rings is 1. The summed E-state index contributed by atoms with van der Waals surface area (Å²) >= 11 is 0. The number of nitrogens with zero attached hydrogens (tertiary/aromatic N) is 8. The second kappa shape index (κ2) is 10.9. The highest BCUT2D eigenvalue weighted by molar-refractivity contribution is 5.97. The Morgan fingerprint density at radius 3 is 2.52 bits per heavy atom. The molecule has 44 heavy (non-hydrogen) atoms. The van der Waals surface area contributed by atoms with Crippen LogP contribution in [0.1, 0.15) is 34.3 Å². The molecule has 14 heteroatoms. The van der Waals surface area contributed by atoms with Crippen LogP contribution in [-0.4, -0.2) is 83.9 Å². The van der Waals surface area contributed by atoms with Gasteiger partial charge in [-0.3, -0.25) is 19.5 Å². The van der Waals surface area contributed by atoms with Gasteiger partial charge in [-0.25, -0.2) is 13.8 Å². The van der Waals surface area contributed by atoms with Crippen LogP contribution in [0.4, 0.5) is 14.5 Å². The topological polar surface area (TPSA) is 135 Å². The zero-order chi connectivity index (χ0) is 30.4. The first-order chi connectivity index (χ1) is 21.2. The molecule has 1 aliphatic carbocycles. The summed E-state index contributed by atoms with van der Waals surface area (Å²) < 4.78 is 32.4. The Kier molecular flexibility index (Phi) is 6.84. The van der Waals surface area contributed by atoms with Crippen molar-refractivity contribution >= 4 is 28.6 Å². The fourth-order valence-corrected chi connectivity index (χ4v) is 5.45. The average Bonchev–Trinajstić information content (AvgIpc) is 3.32. The summed E-state index contributed by atoms with van der Waals surface area (Å²) in [5, 5.41) is 15.3. The number of amides is 2. The van der Waals surface area contributed by atoms with Gasteiger partial charge in [-0.05, 0) is 41.1 Å². The molecule has 5 aromatic rings. The second-order valence-corrected chi connectivity index (χ2v) is 10.9. The minimum atomic E-state index is -2.95. The Morgan fingerprint density at radius 2 is 1.82 bits per heavy atom. The number of alkyl halides is 2. The van der Waals surface area contributed by atoms with Crippen LogP contribution in [0.15, 0.2) is 71.3 Å². The number of tetrazole rings is 1. The Bertz CT molecular complexity index is 1850. The Balaban J connectivity index is 1.04. The molecule has 2 aliphatic rings. The normalized spacial score (nSPS) is 18.7. The minimum Gasteiger partial charge on any atom is -0.436 e. The first-order valence-electron chi connectivity index (χ1n) is 14.1. The van der Waals surface area contributed by atoms with Crippen molar-refractivity contribution in [2.45, 2.75) is 18.4 Å². The molecule has 1 N–H and O–H groups in total. The number of aryl methyl sites for hydroxylation is 1. The highest BCUT2D eigenvalue weighted by atomic mass is 19.3. The molecule has 2 atom stereocenters. The van der Waals surface area contributed by atoms with E-state index < -0.39 is 24.2 Å². The van der Waals surface area contributed by atoms with Gasteiger partial charge < -0.3 is 14.6 Å². The van der Waals surface area contributed by atoms with Crippen LogP contribution in [0.2, 0.25) is 0 Å². The molecule has 2 aromatic carbocycles. The van der Waals surface area contributed by atoms with E-state index in [1.807, 2.05) is 30.3 Å². The second-order valence-electron chi connectivity index (χ2n) is 10.9. The van der Waals surface area contributed by atoms with Gasteiger partial charge in [-0.15, -0.1) is 10.2 Å². The number of fused-ring (bicyclic) bond motifs is 1. The van der Waals surface area contributed by atoms with Crippen LogP contribution < -0.4 is 5.32 Å². The van der Waals surface area contributed by atoms with Crippen molar-refractivity contribution in [1.29, 1.82) is 0 Å². The highest BCUT2D eigenvalue weighted by Crippen LogP contribution is 2.49. The smallest absolute Gasteiger partial charge is 0.272 e. The van der Waals surface area contributed by atoms with Crippen LogP contribution in [0.25, 0.3) is 22.6 Å². The van der Waals surface area contributed by atoms with Gasteiger partial charge in [0.05, 0.1) is 13.1 Å². The molecule has 0 unspecified atom stereocenters. The molecule has 12 nitrogen and oxygen atoms in total. The van der Waals surface area contributed by atoms with Crippen molar-refractivity contribution in [3.05, 3.63) is 83.9 Å². The van der Waals surface area contributed by atoms with Gasteiger partial charge in [0.2, 0.25) is 11.8 Å². The maximum Gasteiger partial charge on any atom is 0.272 e. The summed E-state index contributed by atoms with van der Waals surface area (Å²) in [6.07, 6.45) is 1.09. The van der Waals surface area contributed by atoms with E-state index in [9.17, 15) is 18.4 Å². The van der Waals surface area contributed by atoms with Gasteiger partial charge in [-0.1, -0.05) is 30.3 Å². The van der Waals surface area contributed by atoms with E-state index in [1.165, 1.54) is 11.0 Å². The largest absolute Gasteiger partial charge is 0.436 e. The van der Waals surface area contributed by atoms with Crippen LogP contribution in [0, 0.1) is 5.92 Å². The first kappa shape index (κ1) is 27.7. The Morgan fingerprint density at radius 1 is 1.05 bits per heavy atom. The number of nitrogens with one attached hydrogen (secondary N) is 1. The monoisotopic (exact) mass is 599 g/mol. The van der Waals surface area contributed by atoms with Crippen molar-refractivity contribution in [1.82, 2.24) is 40.0 Å². The molecule has 1 saturated carbocycles. The highest BCUT2D eigenvalue weighted by Gasteiger charge is 2.61. The molecule has 7 rings (SSSR count). The predicted molar refractivity (Wildman–Crippen MR) is 153 cm³/mol. The van der Waals surface area contributed by atoms with E-state index in [4.69, 9.17) is 4.42 Å². The zero-order valence-electron chi connectivity index (χ0n) is 23.6. The third-order valence-corrected chi connectivity index (χ3v) is 7.87. The van der Waals surface area contributed by atoms with E-state index in [1.54, 1.807) is 42.3 Å². The molecule has 224 valence electrons. The van der Waals surface area contributed by atoms with E-state index in [2.05, 4.69) is 35.6 Å². The van der Waals surface area contributed by atoms with Gasteiger partial charge in [0, 0.05) is 50.0 Å². The number of hydrogen-bond donors (Lipinski definition) is 1. The predicted octanol–water partition coefficient (Wildman–Crippen LogP) is 3.55. The number of aromatic nitrogens is 6. The quantitative estimate of drug-likeness (QED) is 0.298. The van der Waals surface area contributed by atoms with E-state index in [0.29, 0.717) is 54.4 Å². The van der Waals surface area contributed by atoms with Gasteiger partial charge >= 0.3 is 0 Å². The number of halogens is 2. The average molecular weight is 600 g/mol. The minimum absolute atomic E-state index is 0.189. The van der Waals surface area contributed by atoms with Gasteiger partial charge in [0.1, 0.15) is 17.1 Å². The number of anilines is 1. The van der Waals surface area contributed by atoms with Gasteiger partial charge in [-0.2, -0.15) is 4.80 Å². The fourth-order valence-electron chi connectivity index (χ4n) is 5.45. The third kappa shape index (κ3) is 5.39. The molecule has 1 saturated heterocycles. The van der Waals surface area contributed by atoms with Crippen LogP contribution >= 0.6 is 0 Å². The van der Waals surface area contributed by atoms with Gasteiger partial charge in [0.15, 0.2) is 11.4 Å². The molecule has 1 aliphatic heterocycles. The maximum absolute atomic E-state index is 13.5. The molecule has 3 aromatic heterocycles. The lowest BCUT2D eigenvalue weighted by atomic mass is 10.0. The van der Waals surface area contributed by atoms with Crippen LogP contribution in [0.5, 0.6) is 0 Å². The van der Waals surface area contributed by atoms with E-state index in [0.717, 1.165) is 5.56 Å². The number of carbonyl (C=O) groups is 2. The Hall–Kier alpha value is -5.11.